The van der Waals surface area contributed by atoms with Gasteiger partial charge in [0, 0.05) is 12.1 Å². The summed E-state index contributed by atoms with van der Waals surface area (Å²) in [5, 5.41) is 3.70. The summed E-state index contributed by atoms with van der Waals surface area (Å²) in [4.78, 5) is 0. The van der Waals surface area contributed by atoms with Gasteiger partial charge >= 0.3 is 0 Å². The molecule has 0 heterocycles. The minimum atomic E-state index is 0.629. The minimum Gasteiger partial charge on any atom is -0.311 e. The lowest BCUT2D eigenvalue weighted by atomic mass is 9.93. The number of benzene rings is 1. The SMILES string of the molecule is Cc1ccc(CC(C)C(C)NC2CC2)cc1C. The van der Waals surface area contributed by atoms with Crippen LogP contribution in [-0.2, 0) is 6.42 Å². The van der Waals surface area contributed by atoms with E-state index in [1.165, 1.54) is 36.0 Å². The third-order valence-electron chi connectivity index (χ3n) is 4.06. The smallest absolute Gasteiger partial charge is 0.00708 e. The van der Waals surface area contributed by atoms with Gasteiger partial charge < -0.3 is 5.32 Å². The highest BCUT2D eigenvalue weighted by Gasteiger charge is 2.24. The van der Waals surface area contributed by atoms with Gasteiger partial charge in [-0.15, -0.1) is 0 Å². The molecule has 1 N–H and O–H groups in total. The first kappa shape index (κ1) is 12.6. The predicted molar refractivity (Wildman–Crippen MR) is 74.4 cm³/mol. The molecule has 2 atom stereocenters. The van der Waals surface area contributed by atoms with Gasteiger partial charge in [-0.25, -0.2) is 0 Å². The number of aryl methyl sites for hydroxylation is 2. The molecular formula is C16H25N. The van der Waals surface area contributed by atoms with E-state index in [1.807, 2.05) is 0 Å². The quantitative estimate of drug-likeness (QED) is 0.816. The van der Waals surface area contributed by atoms with Crippen LogP contribution in [0.4, 0.5) is 0 Å². The molecule has 1 nitrogen and oxygen atoms in total. The van der Waals surface area contributed by atoms with E-state index in [4.69, 9.17) is 0 Å². The van der Waals surface area contributed by atoms with Crippen molar-refractivity contribution in [2.75, 3.05) is 0 Å². The molecular weight excluding hydrogens is 206 g/mol. The molecule has 1 aromatic carbocycles. The zero-order valence-electron chi connectivity index (χ0n) is 11.6. The van der Waals surface area contributed by atoms with Gasteiger partial charge in [-0.1, -0.05) is 25.1 Å². The van der Waals surface area contributed by atoms with Crippen molar-refractivity contribution < 1.29 is 0 Å². The Kier molecular flexibility index (Phi) is 3.88. The summed E-state index contributed by atoms with van der Waals surface area (Å²) >= 11 is 0. The molecule has 2 unspecified atom stereocenters. The summed E-state index contributed by atoms with van der Waals surface area (Å²) < 4.78 is 0. The van der Waals surface area contributed by atoms with Crippen LogP contribution in [0.25, 0.3) is 0 Å². The molecule has 0 bridgehead atoms. The van der Waals surface area contributed by atoms with Crippen molar-refractivity contribution in [2.45, 2.75) is 59.0 Å². The van der Waals surface area contributed by atoms with E-state index < -0.39 is 0 Å². The summed E-state index contributed by atoms with van der Waals surface area (Å²) in [7, 11) is 0. The average molecular weight is 231 g/mol. The van der Waals surface area contributed by atoms with Gasteiger partial charge in [0.05, 0.1) is 0 Å². The lowest BCUT2D eigenvalue weighted by molar-refractivity contribution is 0.396. The maximum absolute atomic E-state index is 3.70. The highest BCUT2D eigenvalue weighted by atomic mass is 15.0. The Bertz CT molecular complexity index is 379. The second-order valence-electron chi connectivity index (χ2n) is 5.83. The number of hydrogen-bond acceptors (Lipinski definition) is 1. The first-order valence-electron chi connectivity index (χ1n) is 6.88. The maximum atomic E-state index is 3.70. The number of hydrogen-bond donors (Lipinski definition) is 1. The summed E-state index contributed by atoms with van der Waals surface area (Å²) in [5.74, 6) is 0.706. The van der Waals surface area contributed by atoms with E-state index in [-0.39, 0.29) is 0 Å². The van der Waals surface area contributed by atoms with Crippen molar-refractivity contribution in [2.24, 2.45) is 5.92 Å². The van der Waals surface area contributed by atoms with E-state index in [1.54, 1.807) is 0 Å². The van der Waals surface area contributed by atoms with Crippen molar-refractivity contribution in [1.82, 2.24) is 5.32 Å². The lowest BCUT2D eigenvalue weighted by Crippen LogP contribution is -2.34. The molecule has 17 heavy (non-hydrogen) atoms. The summed E-state index contributed by atoms with van der Waals surface area (Å²) in [6, 6.07) is 8.31. The van der Waals surface area contributed by atoms with E-state index in [2.05, 4.69) is 51.2 Å². The molecule has 1 fully saturated rings. The molecule has 0 aromatic heterocycles. The lowest BCUT2D eigenvalue weighted by Gasteiger charge is -2.21. The first-order valence-corrected chi connectivity index (χ1v) is 6.88. The summed E-state index contributed by atoms with van der Waals surface area (Å²) in [5.41, 5.74) is 4.29. The minimum absolute atomic E-state index is 0.629. The predicted octanol–water partition coefficient (Wildman–Crippen LogP) is 3.62. The van der Waals surface area contributed by atoms with Crippen LogP contribution >= 0.6 is 0 Å². The van der Waals surface area contributed by atoms with Crippen LogP contribution in [0.5, 0.6) is 0 Å². The van der Waals surface area contributed by atoms with Gasteiger partial charge in [-0.2, -0.15) is 0 Å². The molecule has 94 valence electrons. The molecule has 1 aromatic rings. The Morgan fingerprint density at radius 1 is 1.18 bits per heavy atom. The highest BCUT2D eigenvalue weighted by molar-refractivity contribution is 5.30. The van der Waals surface area contributed by atoms with Crippen LogP contribution in [0.1, 0.15) is 43.4 Å². The normalized spacial score (nSPS) is 19.1. The average Bonchev–Trinajstić information content (AvgIpc) is 3.07. The van der Waals surface area contributed by atoms with Gasteiger partial charge in [0.1, 0.15) is 0 Å². The fourth-order valence-electron chi connectivity index (χ4n) is 2.27. The van der Waals surface area contributed by atoms with Crippen LogP contribution in [0.15, 0.2) is 18.2 Å². The fraction of sp³-hybridized carbons (Fsp3) is 0.625. The van der Waals surface area contributed by atoms with Crippen molar-refractivity contribution in [3.63, 3.8) is 0 Å². The van der Waals surface area contributed by atoms with Gasteiger partial charge in [0.25, 0.3) is 0 Å². The Balaban J connectivity index is 1.91. The van der Waals surface area contributed by atoms with Crippen LogP contribution in [0, 0.1) is 19.8 Å². The molecule has 2 rings (SSSR count). The third-order valence-corrected chi connectivity index (χ3v) is 4.06. The van der Waals surface area contributed by atoms with Gasteiger partial charge in [-0.3, -0.25) is 0 Å². The fourth-order valence-corrected chi connectivity index (χ4v) is 2.27. The van der Waals surface area contributed by atoms with Crippen LogP contribution in [-0.4, -0.2) is 12.1 Å². The second-order valence-corrected chi connectivity index (χ2v) is 5.83. The summed E-state index contributed by atoms with van der Waals surface area (Å²) in [6.45, 7) is 9.06. The van der Waals surface area contributed by atoms with Gasteiger partial charge in [0.2, 0.25) is 0 Å². The Labute approximate surface area is 106 Å². The van der Waals surface area contributed by atoms with E-state index in [9.17, 15) is 0 Å². The molecule has 0 amide bonds. The number of rotatable bonds is 5. The van der Waals surface area contributed by atoms with Gasteiger partial charge in [0.15, 0.2) is 0 Å². The monoisotopic (exact) mass is 231 g/mol. The van der Waals surface area contributed by atoms with Crippen molar-refractivity contribution in [3.8, 4) is 0 Å². The first-order chi connectivity index (χ1) is 8.06. The Morgan fingerprint density at radius 2 is 1.88 bits per heavy atom. The number of nitrogens with one attached hydrogen (secondary N) is 1. The second kappa shape index (κ2) is 5.22. The van der Waals surface area contributed by atoms with Crippen molar-refractivity contribution in [3.05, 3.63) is 34.9 Å². The van der Waals surface area contributed by atoms with Gasteiger partial charge in [-0.05, 0) is 62.6 Å². The van der Waals surface area contributed by atoms with Crippen LogP contribution in [0.3, 0.4) is 0 Å². The Morgan fingerprint density at radius 3 is 2.47 bits per heavy atom. The molecule has 0 aliphatic heterocycles. The molecule has 0 saturated heterocycles. The molecule has 1 aliphatic carbocycles. The topological polar surface area (TPSA) is 12.0 Å². The standard InChI is InChI=1S/C16H25N/c1-11-5-6-15(9-12(11)2)10-13(3)14(4)17-16-7-8-16/h5-6,9,13-14,16-17H,7-8,10H2,1-4H3. The van der Waals surface area contributed by atoms with Crippen molar-refractivity contribution in [1.29, 1.82) is 0 Å². The van der Waals surface area contributed by atoms with Crippen molar-refractivity contribution >= 4 is 0 Å². The van der Waals surface area contributed by atoms with Crippen LogP contribution in [0.2, 0.25) is 0 Å². The highest BCUT2D eigenvalue weighted by Crippen LogP contribution is 2.22. The van der Waals surface area contributed by atoms with E-state index in [0.29, 0.717) is 12.0 Å². The molecule has 0 spiro atoms. The zero-order chi connectivity index (χ0) is 12.4. The van der Waals surface area contributed by atoms with Crippen LogP contribution < -0.4 is 5.32 Å². The van der Waals surface area contributed by atoms with E-state index in [0.717, 1.165) is 6.04 Å². The zero-order valence-corrected chi connectivity index (χ0v) is 11.6. The molecule has 1 heteroatoms. The summed E-state index contributed by atoms with van der Waals surface area (Å²) in [6.07, 6.45) is 3.93. The molecule has 1 aliphatic rings. The molecule has 1 saturated carbocycles. The maximum Gasteiger partial charge on any atom is 0.00708 e. The largest absolute Gasteiger partial charge is 0.311 e. The molecule has 0 radical (unpaired) electrons. The Hall–Kier alpha value is -0.820. The third kappa shape index (κ3) is 3.57. The van der Waals surface area contributed by atoms with E-state index >= 15 is 0 Å².